The minimum atomic E-state index is -0.807. The van der Waals surface area contributed by atoms with E-state index in [-0.39, 0.29) is 0 Å². The van der Waals surface area contributed by atoms with Crippen LogP contribution in [-0.4, -0.2) is 23.2 Å². The molecular weight excluding hydrogens is 256 g/mol. The standard InChI is InChI=1S/C14H18N4O2/c1-9-3-5-11(7-9)15-17-13(19)14(20)18-16-12-6-4-10(2)8-12/h7-8H,3-6H2,1-2H3,(H,17,19)(H,18,20)/b15-11-,16-12-. The first kappa shape index (κ1) is 14.2. The van der Waals surface area contributed by atoms with Crippen LogP contribution in [0.4, 0.5) is 0 Å². The number of rotatable bonds is 2. The lowest BCUT2D eigenvalue weighted by Crippen LogP contribution is -2.35. The van der Waals surface area contributed by atoms with Gasteiger partial charge in [0.05, 0.1) is 11.4 Å². The maximum atomic E-state index is 11.5. The molecule has 0 saturated heterocycles. The van der Waals surface area contributed by atoms with E-state index in [0.29, 0.717) is 0 Å². The molecule has 0 bridgehead atoms. The Balaban J connectivity index is 1.82. The van der Waals surface area contributed by atoms with E-state index in [1.54, 1.807) is 0 Å². The lowest BCUT2D eigenvalue weighted by atomic mass is 10.3. The van der Waals surface area contributed by atoms with Gasteiger partial charge < -0.3 is 0 Å². The lowest BCUT2D eigenvalue weighted by molar-refractivity contribution is -0.139. The Labute approximate surface area is 117 Å². The second-order valence-electron chi connectivity index (χ2n) is 5.07. The number of hydrazone groups is 2. The highest BCUT2D eigenvalue weighted by atomic mass is 16.2. The molecule has 2 amide bonds. The predicted molar refractivity (Wildman–Crippen MR) is 77.1 cm³/mol. The summed E-state index contributed by atoms with van der Waals surface area (Å²) < 4.78 is 0. The largest absolute Gasteiger partial charge is 0.331 e. The molecule has 106 valence electrons. The average Bonchev–Trinajstić information content (AvgIpc) is 3.02. The van der Waals surface area contributed by atoms with E-state index in [2.05, 4.69) is 21.1 Å². The molecule has 20 heavy (non-hydrogen) atoms. The van der Waals surface area contributed by atoms with E-state index in [0.717, 1.165) is 37.1 Å². The Hall–Kier alpha value is -2.24. The fourth-order valence-corrected chi connectivity index (χ4v) is 2.03. The van der Waals surface area contributed by atoms with Gasteiger partial charge in [-0.3, -0.25) is 9.59 Å². The Morgan fingerprint density at radius 1 is 0.850 bits per heavy atom. The van der Waals surface area contributed by atoms with Crippen LogP contribution in [0.5, 0.6) is 0 Å². The number of nitrogens with one attached hydrogen (secondary N) is 2. The highest BCUT2D eigenvalue weighted by Gasteiger charge is 2.14. The summed E-state index contributed by atoms with van der Waals surface area (Å²) in [5, 5.41) is 7.81. The predicted octanol–water partition coefficient (Wildman–Crippen LogP) is 1.41. The summed E-state index contributed by atoms with van der Waals surface area (Å²) >= 11 is 0. The van der Waals surface area contributed by atoms with Gasteiger partial charge in [0.1, 0.15) is 0 Å². The van der Waals surface area contributed by atoms with Gasteiger partial charge in [-0.05, 0) is 51.7 Å². The molecule has 6 nitrogen and oxygen atoms in total. The molecule has 2 N–H and O–H groups in total. The van der Waals surface area contributed by atoms with E-state index in [4.69, 9.17) is 0 Å². The molecule has 0 saturated carbocycles. The third-order valence-electron chi connectivity index (χ3n) is 3.19. The highest BCUT2D eigenvalue weighted by Crippen LogP contribution is 2.14. The Morgan fingerprint density at radius 2 is 1.25 bits per heavy atom. The van der Waals surface area contributed by atoms with Crippen LogP contribution in [0, 0.1) is 0 Å². The lowest BCUT2D eigenvalue weighted by Gasteiger charge is -2.00. The van der Waals surface area contributed by atoms with Gasteiger partial charge in [0, 0.05) is 0 Å². The van der Waals surface area contributed by atoms with Crippen LogP contribution in [0.3, 0.4) is 0 Å². The van der Waals surface area contributed by atoms with Crippen LogP contribution in [0.2, 0.25) is 0 Å². The minimum absolute atomic E-state index is 0.782. The first-order valence-corrected chi connectivity index (χ1v) is 6.62. The number of allylic oxidation sites excluding steroid dienone is 4. The monoisotopic (exact) mass is 274 g/mol. The molecule has 0 aromatic heterocycles. The van der Waals surface area contributed by atoms with Crippen molar-refractivity contribution in [2.75, 3.05) is 0 Å². The van der Waals surface area contributed by atoms with Crippen LogP contribution in [0.1, 0.15) is 39.5 Å². The normalized spacial score (nSPS) is 21.9. The van der Waals surface area contributed by atoms with Crippen LogP contribution >= 0.6 is 0 Å². The van der Waals surface area contributed by atoms with Crippen LogP contribution in [0.15, 0.2) is 33.5 Å². The van der Waals surface area contributed by atoms with Gasteiger partial charge in [0.2, 0.25) is 0 Å². The molecule has 2 aliphatic carbocycles. The topological polar surface area (TPSA) is 82.9 Å². The fourth-order valence-electron chi connectivity index (χ4n) is 2.03. The summed E-state index contributed by atoms with van der Waals surface area (Å²) in [6.07, 6.45) is 7.29. The van der Waals surface area contributed by atoms with Crippen LogP contribution in [-0.2, 0) is 9.59 Å². The molecule has 0 heterocycles. The smallest absolute Gasteiger partial charge is 0.262 e. The Kier molecular flexibility index (Phi) is 4.45. The van der Waals surface area contributed by atoms with Gasteiger partial charge in [-0.25, -0.2) is 10.9 Å². The van der Waals surface area contributed by atoms with Crippen molar-refractivity contribution in [2.24, 2.45) is 10.2 Å². The summed E-state index contributed by atoms with van der Waals surface area (Å²) in [7, 11) is 0. The molecule has 0 radical (unpaired) electrons. The summed E-state index contributed by atoms with van der Waals surface area (Å²) in [6.45, 7) is 4.01. The van der Waals surface area contributed by atoms with Crippen LogP contribution in [0.25, 0.3) is 0 Å². The molecule has 0 fully saturated rings. The second-order valence-corrected chi connectivity index (χ2v) is 5.07. The fraction of sp³-hybridized carbons (Fsp3) is 0.429. The first-order chi connectivity index (χ1) is 9.54. The number of hydrogen-bond acceptors (Lipinski definition) is 4. The summed E-state index contributed by atoms with van der Waals surface area (Å²) in [5.41, 5.74) is 8.48. The van der Waals surface area contributed by atoms with Crippen molar-refractivity contribution < 1.29 is 9.59 Å². The highest BCUT2D eigenvalue weighted by molar-refractivity contribution is 6.35. The molecule has 0 atom stereocenters. The molecule has 0 aromatic rings. The third kappa shape index (κ3) is 3.88. The molecule has 0 aliphatic heterocycles. The Bertz CT molecular complexity index is 506. The number of amides is 2. The van der Waals surface area contributed by atoms with Gasteiger partial charge in [0.15, 0.2) is 0 Å². The van der Waals surface area contributed by atoms with Crippen molar-refractivity contribution in [1.82, 2.24) is 10.9 Å². The van der Waals surface area contributed by atoms with Crippen molar-refractivity contribution in [3.8, 4) is 0 Å². The molecule has 6 heteroatoms. The number of carbonyl (C=O) groups excluding carboxylic acids is 2. The summed E-state index contributed by atoms with van der Waals surface area (Å²) in [4.78, 5) is 23.0. The van der Waals surface area contributed by atoms with Crippen LogP contribution < -0.4 is 10.9 Å². The molecule has 0 aromatic carbocycles. The van der Waals surface area contributed by atoms with E-state index in [1.807, 2.05) is 26.0 Å². The van der Waals surface area contributed by atoms with Crippen molar-refractivity contribution in [2.45, 2.75) is 39.5 Å². The van der Waals surface area contributed by atoms with Gasteiger partial charge in [-0.15, -0.1) is 0 Å². The SMILES string of the molecule is CC1=C/C(=N\NC(=O)C(=O)N/N=C2\C=C(C)CC2)CC1. The number of carbonyl (C=O) groups is 2. The van der Waals surface area contributed by atoms with E-state index < -0.39 is 11.8 Å². The summed E-state index contributed by atoms with van der Waals surface area (Å²) in [6, 6.07) is 0. The number of nitrogens with zero attached hydrogens (tertiary/aromatic N) is 2. The van der Waals surface area contributed by atoms with Gasteiger partial charge in [-0.2, -0.15) is 10.2 Å². The third-order valence-corrected chi connectivity index (χ3v) is 3.19. The van der Waals surface area contributed by atoms with Gasteiger partial charge in [-0.1, -0.05) is 11.1 Å². The zero-order valence-electron chi connectivity index (χ0n) is 11.7. The zero-order chi connectivity index (χ0) is 14.5. The van der Waals surface area contributed by atoms with Crippen molar-refractivity contribution in [3.05, 3.63) is 23.3 Å². The second kappa shape index (κ2) is 6.27. The van der Waals surface area contributed by atoms with Crippen molar-refractivity contribution in [1.29, 1.82) is 0 Å². The van der Waals surface area contributed by atoms with Gasteiger partial charge in [0.25, 0.3) is 0 Å². The van der Waals surface area contributed by atoms with E-state index >= 15 is 0 Å². The summed E-state index contributed by atoms with van der Waals surface area (Å²) in [5.74, 6) is -1.61. The number of hydrogen-bond donors (Lipinski definition) is 2. The minimum Gasteiger partial charge on any atom is -0.262 e. The van der Waals surface area contributed by atoms with E-state index in [1.165, 1.54) is 11.1 Å². The van der Waals surface area contributed by atoms with Crippen molar-refractivity contribution in [3.63, 3.8) is 0 Å². The van der Waals surface area contributed by atoms with Gasteiger partial charge >= 0.3 is 11.8 Å². The molecular formula is C14H18N4O2. The molecule has 0 spiro atoms. The first-order valence-electron chi connectivity index (χ1n) is 6.62. The quantitative estimate of drug-likeness (QED) is 0.589. The van der Waals surface area contributed by atoms with Crippen molar-refractivity contribution >= 4 is 23.2 Å². The molecule has 2 rings (SSSR count). The molecule has 0 unspecified atom stereocenters. The zero-order valence-corrected chi connectivity index (χ0v) is 11.7. The maximum absolute atomic E-state index is 11.5. The molecule has 2 aliphatic rings. The van der Waals surface area contributed by atoms with E-state index in [9.17, 15) is 9.59 Å². The maximum Gasteiger partial charge on any atom is 0.331 e. The Morgan fingerprint density at radius 3 is 1.55 bits per heavy atom. The average molecular weight is 274 g/mol.